The molecule has 18 heavy (non-hydrogen) atoms. The van der Waals surface area contributed by atoms with Crippen molar-refractivity contribution in [2.24, 2.45) is 5.73 Å². The van der Waals surface area contributed by atoms with Crippen molar-refractivity contribution < 1.29 is 0 Å². The van der Waals surface area contributed by atoms with Gasteiger partial charge in [0.05, 0.1) is 10.0 Å². The second-order valence-electron chi connectivity index (χ2n) is 4.15. The van der Waals surface area contributed by atoms with E-state index in [1.54, 1.807) is 11.3 Å². The van der Waals surface area contributed by atoms with Crippen LogP contribution in [0.5, 0.6) is 0 Å². The second-order valence-corrected chi connectivity index (χ2v) is 6.87. The summed E-state index contributed by atoms with van der Waals surface area (Å²) in [7, 11) is 0. The van der Waals surface area contributed by atoms with Crippen LogP contribution in [0.15, 0.2) is 34.1 Å². The van der Waals surface area contributed by atoms with Gasteiger partial charge in [0.25, 0.3) is 0 Å². The van der Waals surface area contributed by atoms with Gasteiger partial charge < -0.3 is 5.73 Å². The molecule has 1 aromatic heterocycles. The third kappa shape index (κ3) is 3.97. The van der Waals surface area contributed by atoms with Gasteiger partial charge >= 0.3 is 0 Å². The van der Waals surface area contributed by atoms with Gasteiger partial charge in [0.1, 0.15) is 0 Å². The fourth-order valence-electron chi connectivity index (χ4n) is 1.76. The molecule has 0 fully saturated rings. The molecule has 0 aliphatic carbocycles. The first-order valence-electron chi connectivity index (χ1n) is 5.47. The third-order valence-corrected chi connectivity index (χ3v) is 5.03. The smallest absolute Gasteiger partial charge is 0.0595 e. The Hall–Kier alpha value is -0.0600. The summed E-state index contributed by atoms with van der Waals surface area (Å²) < 4.78 is 1.12. The minimum Gasteiger partial charge on any atom is -0.327 e. The molecular weight excluding hydrogens is 353 g/mol. The molecule has 2 rings (SSSR count). The van der Waals surface area contributed by atoms with E-state index in [2.05, 4.69) is 27.4 Å². The number of benzene rings is 1. The van der Waals surface area contributed by atoms with E-state index in [-0.39, 0.29) is 6.04 Å². The van der Waals surface area contributed by atoms with Crippen LogP contribution >= 0.6 is 50.5 Å². The van der Waals surface area contributed by atoms with Crippen molar-refractivity contribution >= 4 is 50.5 Å². The van der Waals surface area contributed by atoms with Gasteiger partial charge in [-0.3, -0.25) is 0 Å². The van der Waals surface area contributed by atoms with E-state index in [4.69, 9.17) is 28.9 Å². The van der Waals surface area contributed by atoms with Crippen molar-refractivity contribution in [3.63, 3.8) is 0 Å². The Morgan fingerprint density at radius 2 is 1.94 bits per heavy atom. The molecule has 0 amide bonds. The maximum atomic E-state index is 6.15. The summed E-state index contributed by atoms with van der Waals surface area (Å²) in [6.07, 6.45) is 1.67. The van der Waals surface area contributed by atoms with Crippen LogP contribution < -0.4 is 5.73 Å². The highest BCUT2D eigenvalue weighted by molar-refractivity contribution is 9.10. The average molecular weight is 365 g/mol. The number of nitrogens with two attached hydrogens (primary N) is 1. The molecule has 0 aliphatic rings. The van der Waals surface area contributed by atoms with E-state index in [0.717, 1.165) is 22.9 Å². The predicted octanol–water partition coefficient (Wildman–Crippen LogP) is 4.93. The summed E-state index contributed by atoms with van der Waals surface area (Å²) in [6.45, 7) is 0. The maximum Gasteiger partial charge on any atom is 0.0595 e. The van der Waals surface area contributed by atoms with Gasteiger partial charge in [-0.25, -0.2) is 0 Å². The predicted molar refractivity (Wildman–Crippen MR) is 83.9 cm³/mol. The van der Waals surface area contributed by atoms with Crippen molar-refractivity contribution in [1.82, 2.24) is 0 Å². The molecule has 0 aliphatic heterocycles. The number of rotatable bonds is 4. The quantitative estimate of drug-likeness (QED) is 0.817. The molecule has 0 spiro atoms. The summed E-state index contributed by atoms with van der Waals surface area (Å²) in [4.78, 5) is 1.29. The molecule has 1 unspecified atom stereocenters. The van der Waals surface area contributed by atoms with Crippen LogP contribution in [0.4, 0.5) is 0 Å². The van der Waals surface area contributed by atoms with Gasteiger partial charge in [0, 0.05) is 20.8 Å². The number of hydrogen-bond donors (Lipinski definition) is 1. The molecule has 0 bridgehead atoms. The van der Waals surface area contributed by atoms with Crippen LogP contribution in [0.2, 0.25) is 10.0 Å². The van der Waals surface area contributed by atoms with E-state index in [9.17, 15) is 0 Å². The van der Waals surface area contributed by atoms with Gasteiger partial charge in [-0.1, -0.05) is 29.3 Å². The highest BCUT2D eigenvalue weighted by Crippen LogP contribution is 2.24. The normalized spacial score (nSPS) is 12.7. The zero-order chi connectivity index (χ0) is 13.1. The van der Waals surface area contributed by atoms with Crippen molar-refractivity contribution in [3.05, 3.63) is 54.6 Å². The first-order chi connectivity index (χ1) is 8.54. The third-order valence-electron chi connectivity index (χ3n) is 2.57. The summed E-state index contributed by atoms with van der Waals surface area (Å²) in [6, 6.07) is 7.87. The lowest BCUT2D eigenvalue weighted by atomic mass is 10.0. The Labute approximate surface area is 129 Å². The topological polar surface area (TPSA) is 26.0 Å². The van der Waals surface area contributed by atoms with Gasteiger partial charge in [0.2, 0.25) is 0 Å². The Kier molecular flexibility index (Phi) is 5.10. The van der Waals surface area contributed by atoms with Crippen LogP contribution in [0, 0.1) is 0 Å². The van der Waals surface area contributed by atoms with Crippen molar-refractivity contribution in [2.75, 3.05) is 0 Å². The average Bonchev–Trinajstić information content (AvgIpc) is 2.69. The molecule has 1 atom stereocenters. The van der Waals surface area contributed by atoms with E-state index < -0.39 is 0 Å². The van der Waals surface area contributed by atoms with E-state index in [1.165, 1.54) is 4.88 Å². The number of hydrogen-bond acceptors (Lipinski definition) is 2. The van der Waals surface area contributed by atoms with Crippen LogP contribution in [0.1, 0.15) is 10.4 Å². The number of halogens is 3. The molecule has 0 radical (unpaired) electrons. The van der Waals surface area contributed by atoms with Crippen molar-refractivity contribution in [3.8, 4) is 0 Å². The summed E-state index contributed by atoms with van der Waals surface area (Å²) >= 11 is 17.0. The molecule has 0 saturated heterocycles. The molecular formula is C13H12BrCl2NS. The second kappa shape index (κ2) is 6.40. The number of thiophene rings is 1. The summed E-state index contributed by atoms with van der Waals surface area (Å²) in [5.41, 5.74) is 7.27. The summed E-state index contributed by atoms with van der Waals surface area (Å²) in [5.74, 6) is 0. The van der Waals surface area contributed by atoms with E-state index >= 15 is 0 Å². The minimum atomic E-state index is 0.0905. The lowest BCUT2D eigenvalue weighted by Gasteiger charge is -2.11. The van der Waals surface area contributed by atoms with Crippen LogP contribution in [-0.4, -0.2) is 6.04 Å². The monoisotopic (exact) mass is 363 g/mol. The Morgan fingerprint density at radius 1 is 1.17 bits per heavy atom. The maximum absolute atomic E-state index is 6.15. The van der Waals surface area contributed by atoms with Crippen LogP contribution in [0.25, 0.3) is 0 Å². The molecule has 0 saturated carbocycles. The molecule has 1 aromatic carbocycles. The fourth-order valence-corrected chi connectivity index (χ4v) is 3.63. The zero-order valence-corrected chi connectivity index (χ0v) is 13.4. The van der Waals surface area contributed by atoms with Crippen LogP contribution in [0.3, 0.4) is 0 Å². The van der Waals surface area contributed by atoms with E-state index in [1.807, 2.05) is 18.2 Å². The Morgan fingerprint density at radius 3 is 2.56 bits per heavy atom. The van der Waals surface area contributed by atoms with Crippen LogP contribution in [-0.2, 0) is 12.8 Å². The first-order valence-corrected chi connectivity index (χ1v) is 7.90. The lowest BCUT2D eigenvalue weighted by molar-refractivity contribution is 0.671. The molecule has 1 nitrogen and oxygen atoms in total. The van der Waals surface area contributed by atoms with Gasteiger partial charge in [-0.2, -0.15) is 0 Å². The molecule has 2 aromatic rings. The minimum absolute atomic E-state index is 0.0905. The Bertz CT molecular complexity index is 542. The fraction of sp³-hybridized carbons (Fsp3) is 0.231. The summed E-state index contributed by atoms with van der Waals surface area (Å²) in [5, 5.41) is 3.23. The van der Waals surface area contributed by atoms with Crippen molar-refractivity contribution in [1.29, 1.82) is 0 Å². The largest absolute Gasteiger partial charge is 0.327 e. The SMILES string of the molecule is NC(Cc1ccc(Cl)c(Cl)c1)Cc1cc(Br)cs1. The highest BCUT2D eigenvalue weighted by Gasteiger charge is 2.08. The highest BCUT2D eigenvalue weighted by atomic mass is 79.9. The first kappa shape index (κ1) is 14.4. The molecule has 5 heteroatoms. The standard InChI is InChI=1S/C13H12BrCl2NS/c14-9-5-11(18-7-9)6-10(17)3-8-1-2-12(15)13(16)4-8/h1-2,4-5,7,10H,3,6,17H2. The Balaban J connectivity index is 1.98. The lowest BCUT2D eigenvalue weighted by Crippen LogP contribution is -2.25. The van der Waals surface area contributed by atoms with Gasteiger partial charge in [0.15, 0.2) is 0 Å². The van der Waals surface area contributed by atoms with Gasteiger partial charge in [-0.15, -0.1) is 11.3 Å². The van der Waals surface area contributed by atoms with Gasteiger partial charge in [-0.05, 0) is 52.5 Å². The zero-order valence-electron chi connectivity index (χ0n) is 9.50. The molecule has 1 heterocycles. The van der Waals surface area contributed by atoms with Crippen molar-refractivity contribution in [2.45, 2.75) is 18.9 Å². The van der Waals surface area contributed by atoms with E-state index in [0.29, 0.717) is 10.0 Å². The molecule has 2 N–H and O–H groups in total. The molecule has 96 valence electrons.